The van der Waals surface area contributed by atoms with Gasteiger partial charge in [-0.05, 0) is 5.56 Å². The summed E-state index contributed by atoms with van der Waals surface area (Å²) in [5, 5.41) is 8.67. The molecule has 16 heavy (non-hydrogen) atoms. The standard InChI is InChI=1S/C8H7F3N4O/c9-8(10,11)16-6-1-4(2-12)5(3-13)7(14)15-6/h1H,2,12H2,(H2,14,15). The molecule has 0 bridgehead atoms. The van der Waals surface area contributed by atoms with Gasteiger partial charge in [-0.25, -0.2) is 0 Å². The van der Waals surface area contributed by atoms with Crippen LogP contribution in [0.3, 0.4) is 0 Å². The van der Waals surface area contributed by atoms with Gasteiger partial charge in [0, 0.05) is 12.6 Å². The van der Waals surface area contributed by atoms with Crippen LogP contribution in [0.4, 0.5) is 19.0 Å². The minimum Gasteiger partial charge on any atom is -0.388 e. The number of nitrogen functional groups attached to an aromatic ring is 1. The van der Waals surface area contributed by atoms with E-state index in [0.717, 1.165) is 6.07 Å². The van der Waals surface area contributed by atoms with Gasteiger partial charge in [-0.3, -0.25) is 0 Å². The summed E-state index contributed by atoms with van der Waals surface area (Å²) in [5.41, 5.74) is 10.7. The molecule has 0 aliphatic rings. The Kier molecular flexibility index (Phi) is 3.20. The highest BCUT2D eigenvalue weighted by Gasteiger charge is 2.32. The lowest BCUT2D eigenvalue weighted by Gasteiger charge is -2.10. The first-order valence-electron chi connectivity index (χ1n) is 4.02. The molecule has 0 atom stereocenters. The van der Waals surface area contributed by atoms with Crippen LogP contribution in [0.25, 0.3) is 0 Å². The maximum Gasteiger partial charge on any atom is 0.574 e. The Hall–Kier alpha value is -2.01. The Bertz CT molecular complexity index is 438. The maximum absolute atomic E-state index is 11.9. The zero-order chi connectivity index (χ0) is 12.3. The molecule has 0 saturated heterocycles. The van der Waals surface area contributed by atoms with Crippen LogP contribution in [0, 0.1) is 11.3 Å². The lowest BCUT2D eigenvalue weighted by atomic mass is 10.1. The van der Waals surface area contributed by atoms with Crippen LogP contribution >= 0.6 is 0 Å². The Labute approximate surface area is 88.4 Å². The number of anilines is 1. The molecule has 0 aliphatic carbocycles. The van der Waals surface area contributed by atoms with Gasteiger partial charge in [-0.2, -0.15) is 10.2 Å². The molecule has 0 spiro atoms. The van der Waals surface area contributed by atoms with E-state index in [0.29, 0.717) is 0 Å². The van der Waals surface area contributed by atoms with Crippen molar-refractivity contribution >= 4 is 5.82 Å². The molecule has 0 saturated carbocycles. The third-order valence-corrected chi connectivity index (χ3v) is 1.66. The molecule has 1 heterocycles. The van der Waals surface area contributed by atoms with Gasteiger partial charge < -0.3 is 16.2 Å². The fourth-order valence-corrected chi connectivity index (χ4v) is 1.05. The van der Waals surface area contributed by atoms with Crippen LogP contribution < -0.4 is 16.2 Å². The smallest absolute Gasteiger partial charge is 0.388 e. The number of nitriles is 1. The van der Waals surface area contributed by atoms with Gasteiger partial charge in [0.25, 0.3) is 0 Å². The second-order valence-corrected chi connectivity index (χ2v) is 2.74. The summed E-state index contributed by atoms with van der Waals surface area (Å²) in [6.45, 7) is -0.135. The first kappa shape index (κ1) is 12.1. The number of hydrogen-bond acceptors (Lipinski definition) is 5. The molecule has 0 unspecified atom stereocenters. The summed E-state index contributed by atoms with van der Waals surface area (Å²) in [6, 6.07) is 2.63. The van der Waals surface area contributed by atoms with Crippen LogP contribution in [0.2, 0.25) is 0 Å². The van der Waals surface area contributed by atoms with E-state index in [2.05, 4.69) is 9.72 Å². The molecule has 4 N–H and O–H groups in total. The summed E-state index contributed by atoms with van der Waals surface area (Å²) in [4.78, 5) is 3.30. The minimum atomic E-state index is -4.86. The third-order valence-electron chi connectivity index (χ3n) is 1.66. The van der Waals surface area contributed by atoms with Crippen molar-refractivity contribution in [1.82, 2.24) is 4.98 Å². The quantitative estimate of drug-likeness (QED) is 0.789. The fourth-order valence-electron chi connectivity index (χ4n) is 1.05. The van der Waals surface area contributed by atoms with Crippen molar-refractivity contribution in [2.75, 3.05) is 5.73 Å². The van der Waals surface area contributed by atoms with Gasteiger partial charge in [-0.15, -0.1) is 13.2 Å². The second-order valence-electron chi connectivity index (χ2n) is 2.74. The molecule has 0 amide bonds. The number of alkyl halides is 3. The van der Waals surface area contributed by atoms with Gasteiger partial charge in [0.05, 0.1) is 5.56 Å². The van der Waals surface area contributed by atoms with Crippen molar-refractivity contribution < 1.29 is 17.9 Å². The Morgan fingerprint density at radius 2 is 2.12 bits per heavy atom. The molecule has 8 heteroatoms. The first-order chi connectivity index (χ1) is 7.37. The normalized spacial score (nSPS) is 10.9. The van der Waals surface area contributed by atoms with Crippen molar-refractivity contribution in [2.24, 2.45) is 5.73 Å². The Morgan fingerprint density at radius 3 is 2.56 bits per heavy atom. The third kappa shape index (κ3) is 2.74. The van der Waals surface area contributed by atoms with Gasteiger partial charge in [-0.1, -0.05) is 0 Å². The summed E-state index contributed by atoms with van der Waals surface area (Å²) >= 11 is 0. The van der Waals surface area contributed by atoms with Crippen molar-refractivity contribution in [3.8, 4) is 11.9 Å². The van der Waals surface area contributed by atoms with Crippen LogP contribution in [0.15, 0.2) is 6.07 Å². The van der Waals surface area contributed by atoms with Crippen LogP contribution in [-0.2, 0) is 6.54 Å². The lowest BCUT2D eigenvalue weighted by molar-refractivity contribution is -0.276. The molecule has 0 radical (unpaired) electrons. The largest absolute Gasteiger partial charge is 0.574 e. The first-order valence-corrected chi connectivity index (χ1v) is 4.02. The second kappa shape index (κ2) is 4.24. The number of ether oxygens (including phenoxy) is 1. The zero-order valence-corrected chi connectivity index (χ0v) is 7.88. The minimum absolute atomic E-state index is 0.0444. The number of aromatic nitrogens is 1. The van der Waals surface area contributed by atoms with Gasteiger partial charge in [0.2, 0.25) is 5.88 Å². The van der Waals surface area contributed by atoms with Crippen LogP contribution in [0.5, 0.6) is 5.88 Å². The Morgan fingerprint density at radius 1 is 1.50 bits per heavy atom. The van der Waals surface area contributed by atoms with Gasteiger partial charge in [0.1, 0.15) is 11.9 Å². The zero-order valence-electron chi connectivity index (χ0n) is 7.88. The fraction of sp³-hybridized carbons (Fsp3) is 0.250. The molecule has 0 aliphatic heterocycles. The number of nitrogens with zero attached hydrogens (tertiary/aromatic N) is 2. The highest BCUT2D eigenvalue weighted by molar-refractivity contribution is 5.54. The predicted octanol–water partition coefficient (Wildman–Crippen LogP) is 0.893. The maximum atomic E-state index is 11.9. The van der Waals surface area contributed by atoms with Crippen molar-refractivity contribution in [2.45, 2.75) is 12.9 Å². The van der Waals surface area contributed by atoms with E-state index >= 15 is 0 Å². The van der Waals surface area contributed by atoms with Crippen molar-refractivity contribution in [3.63, 3.8) is 0 Å². The molecule has 86 valence electrons. The Balaban J connectivity index is 3.17. The highest BCUT2D eigenvalue weighted by Crippen LogP contribution is 2.25. The van der Waals surface area contributed by atoms with Gasteiger partial charge >= 0.3 is 6.36 Å². The van der Waals surface area contributed by atoms with Gasteiger partial charge in [0.15, 0.2) is 0 Å². The summed E-state index contributed by atoms with van der Waals surface area (Å²) < 4.78 is 39.2. The predicted molar refractivity (Wildman–Crippen MR) is 47.9 cm³/mol. The van der Waals surface area contributed by atoms with E-state index in [1.54, 1.807) is 6.07 Å². The van der Waals surface area contributed by atoms with E-state index in [1.165, 1.54) is 0 Å². The SMILES string of the molecule is N#Cc1c(CN)cc(OC(F)(F)F)nc1N. The van der Waals surface area contributed by atoms with Crippen LogP contribution in [0.1, 0.15) is 11.1 Å². The molecule has 1 aromatic rings. The van der Waals surface area contributed by atoms with Crippen molar-refractivity contribution in [3.05, 3.63) is 17.2 Å². The van der Waals surface area contributed by atoms with Crippen molar-refractivity contribution in [1.29, 1.82) is 5.26 Å². The molecule has 0 fully saturated rings. The number of halogens is 3. The molecular weight excluding hydrogens is 225 g/mol. The number of nitrogens with two attached hydrogens (primary N) is 2. The average Bonchev–Trinajstić information content (AvgIpc) is 2.14. The van der Waals surface area contributed by atoms with E-state index in [9.17, 15) is 13.2 Å². The summed E-state index contributed by atoms with van der Waals surface area (Å²) in [7, 11) is 0. The molecule has 1 aromatic heterocycles. The van der Waals surface area contributed by atoms with E-state index < -0.39 is 12.2 Å². The molecule has 1 rings (SSSR count). The van der Waals surface area contributed by atoms with Crippen LogP contribution in [-0.4, -0.2) is 11.3 Å². The molecule has 0 aromatic carbocycles. The average molecular weight is 232 g/mol. The number of rotatable bonds is 2. The van der Waals surface area contributed by atoms with E-state index in [-0.39, 0.29) is 23.5 Å². The molecule has 5 nitrogen and oxygen atoms in total. The number of hydrogen-bond donors (Lipinski definition) is 2. The summed E-state index contributed by atoms with van der Waals surface area (Å²) in [6.07, 6.45) is -4.86. The summed E-state index contributed by atoms with van der Waals surface area (Å²) in [5.74, 6) is -1.07. The molecular formula is C8H7F3N4O. The monoisotopic (exact) mass is 232 g/mol. The van der Waals surface area contributed by atoms with E-state index in [4.69, 9.17) is 16.7 Å². The van der Waals surface area contributed by atoms with E-state index in [1.807, 2.05) is 0 Å². The highest BCUT2D eigenvalue weighted by atomic mass is 19.4. The lowest BCUT2D eigenvalue weighted by Crippen LogP contribution is -2.19. The number of pyridine rings is 1. The topological polar surface area (TPSA) is 98.0 Å².